The largest absolute Gasteiger partial charge is 0.471 e. The third-order valence-electron chi connectivity index (χ3n) is 2.47. The SMILES string of the molecule is CN(C)C(On1nnc2ccccc21)=[N+](C)C.CN(C)C=O. The lowest BCUT2D eigenvalue weighted by Crippen LogP contribution is -2.39. The van der Waals surface area contributed by atoms with Gasteiger partial charge in [-0.05, 0) is 17.3 Å². The van der Waals surface area contributed by atoms with E-state index >= 15 is 0 Å². The van der Waals surface area contributed by atoms with Gasteiger partial charge in [-0.25, -0.2) is 9.48 Å². The molecule has 0 spiro atoms. The smallest absolute Gasteiger partial charge is 0.351 e. The molecular weight excluding hydrogens is 284 g/mol. The van der Waals surface area contributed by atoms with Gasteiger partial charge < -0.3 is 4.90 Å². The van der Waals surface area contributed by atoms with Crippen LogP contribution in [0.2, 0.25) is 0 Å². The number of hydrogen-bond donors (Lipinski definition) is 0. The summed E-state index contributed by atoms with van der Waals surface area (Å²) < 4.78 is 1.87. The van der Waals surface area contributed by atoms with Crippen molar-refractivity contribution >= 4 is 23.5 Å². The van der Waals surface area contributed by atoms with Crippen molar-refractivity contribution in [1.29, 1.82) is 0 Å². The fourth-order valence-corrected chi connectivity index (χ4v) is 1.56. The number of rotatable bonds is 2. The highest BCUT2D eigenvalue weighted by atomic mass is 16.7. The Balaban J connectivity index is 0.000000422. The predicted molar refractivity (Wildman–Crippen MR) is 84.7 cm³/mol. The standard InChI is InChI=1S/C11H16N5O.C3H7NO/c1-14(2)11(15(3)4)17-16-10-8-6-5-7-9(10)12-13-16;1-4(2)3-5/h5-8H,1-4H3;3H,1-2H3/q+1;. The van der Waals surface area contributed by atoms with Crippen molar-refractivity contribution in [1.82, 2.24) is 25.0 Å². The second-order valence-electron chi connectivity index (χ2n) is 5.18. The summed E-state index contributed by atoms with van der Waals surface area (Å²) in [4.78, 5) is 19.9. The second kappa shape index (κ2) is 7.96. The monoisotopic (exact) mass is 307 g/mol. The zero-order valence-corrected chi connectivity index (χ0v) is 13.9. The summed E-state index contributed by atoms with van der Waals surface area (Å²) in [6, 6.07) is 8.34. The molecule has 0 radical (unpaired) electrons. The first kappa shape index (κ1) is 17.4. The van der Waals surface area contributed by atoms with Gasteiger partial charge in [0.15, 0.2) is 0 Å². The van der Waals surface area contributed by atoms with Crippen molar-refractivity contribution < 1.29 is 14.2 Å². The van der Waals surface area contributed by atoms with E-state index in [0.717, 1.165) is 17.4 Å². The number of hydrogen-bond acceptors (Lipinski definition) is 4. The van der Waals surface area contributed by atoms with Crippen molar-refractivity contribution in [2.24, 2.45) is 0 Å². The average Bonchev–Trinajstić information content (AvgIpc) is 2.87. The second-order valence-corrected chi connectivity index (χ2v) is 5.18. The zero-order chi connectivity index (χ0) is 16.7. The maximum Gasteiger partial charge on any atom is 0.471 e. The Bertz CT molecular complexity index is 644. The molecule has 120 valence electrons. The van der Waals surface area contributed by atoms with Crippen molar-refractivity contribution in [2.75, 3.05) is 42.3 Å². The predicted octanol–water partition coefficient (Wildman–Crippen LogP) is -0.246. The lowest BCUT2D eigenvalue weighted by Gasteiger charge is -2.10. The first-order valence-corrected chi connectivity index (χ1v) is 6.69. The van der Waals surface area contributed by atoms with E-state index in [-0.39, 0.29) is 0 Å². The Morgan fingerprint density at radius 3 is 2.32 bits per heavy atom. The molecule has 22 heavy (non-hydrogen) atoms. The summed E-state index contributed by atoms with van der Waals surface area (Å²) >= 11 is 0. The molecule has 0 aliphatic carbocycles. The fraction of sp³-hybridized carbons (Fsp3) is 0.429. The molecule has 1 heterocycles. The van der Waals surface area contributed by atoms with Crippen LogP contribution in [0.4, 0.5) is 0 Å². The molecule has 1 amide bonds. The van der Waals surface area contributed by atoms with Crippen LogP contribution in [0.25, 0.3) is 11.0 Å². The van der Waals surface area contributed by atoms with E-state index in [2.05, 4.69) is 10.3 Å². The molecule has 0 aliphatic heterocycles. The normalized spacial score (nSPS) is 9.55. The highest BCUT2D eigenvalue weighted by Crippen LogP contribution is 2.08. The van der Waals surface area contributed by atoms with Gasteiger partial charge in [-0.1, -0.05) is 17.0 Å². The molecule has 0 N–H and O–H groups in total. The van der Waals surface area contributed by atoms with Crippen LogP contribution in [0.3, 0.4) is 0 Å². The van der Waals surface area contributed by atoms with E-state index in [0.29, 0.717) is 6.02 Å². The van der Waals surface area contributed by atoms with Crippen LogP contribution in [0.1, 0.15) is 0 Å². The molecule has 0 aliphatic rings. The number of fused-ring (bicyclic) bond motifs is 1. The number of benzene rings is 1. The van der Waals surface area contributed by atoms with Crippen LogP contribution >= 0.6 is 0 Å². The first-order chi connectivity index (χ1) is 10.4. The minimum Gasteiger partial charge on any atom is -0.351 e. The molecule has 2 aromatic rings. The van der Waals surface area contributed by atoms with E-state index < -0.39 is 0 Å². The van der Waals surface area contributed by atoms with Gasteiger partial charge in [0.1, 0.15) is 11.0 Å². The third-order valence-corrected chi connectivity index (χ3v) is 2.47. The molecule has 0 bridgehead atoms. The fourth-order valence-electron chi connectivity index (χ4n) is 1.56. The van der Waals surface area contributed by atoms with E-state index in [1.807, 2.05) is 61.9 Å². The number of amides is 1. The molecule has 1 aromatic heterocycles. The molecule has 8 heteroatoms. The summed E-state index contributed by atoms with van der Waals surface area (Å²) in [5, 5.41) is 8.00. The molecule has 1 aromatic carbocycles. The Labute approximate surface area is 130 Å². The van der Waals surface area contributed by atoms with Gasteiger partial charge in [0.05, 0.1) is 28.2 Å². The molecule has 0 unspecified atom stereocenters. The Morgan fingerprint density at radius 1 is 1.23 bits per heavy atom. The molecule has 0 saturated carbocycles. The number of carbonyl (C=O) groups excluding carboxylic acids is 1. The Morgan fingerprint density at radius 2 is 1.82 bits per heavy atom. The lowest BCUT2D eigenvalue weighted by molar-refractivity contribution is -0.480. The van der Waals surface area contributed by atoms with E-state index in [4.69, 9.17) is 4.84 Å². The first-order valence-electron chi connectivity index (χ1n) is 6.69. The lowest BCUT2D eigenvalue weighted by atomic mass is 10.3. The van der Waals surface area contributed by atoms with Gasteiger partial charge in [-0.2, -0.15) is 0 Å². The molecule has 8 nitrogen and oxygen atoms in total. The van der Waals surface area contributed by atoms with E-state index in [9.17, 15) is 4.79 Å². The summed E-state index contributed by atoms with van der Waals surface area (Å²) in [6.45, 7) is 0. The average molecular weight is 307 g/mol. The van der Waals surface area contributed by atoms with E-state index in [1.165, 1.54) is 9.75 Å². The molecule has 0 atom stereocenters. The summed E-state index contributed by atoms with van der Waals surface area (Å²) in [5.41, 5.74) is 1.65. The number of carbonyl (C=O) groups is 1. The van der Waals surface area contributed by atoms with Crippen LogP contribution in [-0.4, -0.2) is 84.3 Å². The van der Waals surface area contributed by atoms with Gasteiger partial charge in [0.25, 0.3) is 0 Å². The Hall–Kier alpha value is -2.64. The van der Waals surface area contributed by atoms with Crippen LogP contribution < -0.4 is 4.84 Å². The number of para-hydroxylation sites is 1. The number of aromatic nitrogens is 3. The van der Waals surface area contributed by atoms with Crippen LogP contribution in [0.5, 0.6) is 0 Å². The Kier molecular flexibility index (Phi) is 6.30. The van der Waals surface area contributed by atoms with Crippen molar-refractivity contribution in [3.05, 3.63) is 24.3 Å². The zero-order valence-electron chi connectivity index (χ0n) is 13.9. The van der Waals surface area contributed by atoms with Gasteiger partial charge in [0.2, 0.25) is 6.41 Å². The summed E-state index contributed by atoms with van der Waals surface area (Å²) in [5.74, 6) is 0. The third kappa shape index (κ3) is 4.72. The van der Waals surface area contributed by atoms with Crippen LogP contribution in [0.15, 0.2) is 24.3 Å². The number of amidine groups is 1. The highest BCUT2D eigenvalue weighted by molar-refractivity contribution is 5.75. The summed E-state index contributed by atoms with van der Waals surface area (Å²) in [7, 11) is 11.0. The summed E-state index contributed by atoms with van der Waals surface area (Å²) in [6.07, 6.45) is 0.750. The quantitative estimate of drug-likeness (QED) is 0.331. The molecular formula is C14H23N6O2+. The highest BCUT2D eigenvalue weighted by Gasteiger charge is 2.17. The van der Waals surface area contributed by atoms with Gasteiger partial charge in [-0.3, -0.25) is 9.63 Å². The van der Waals surface area contributed by atoms with Crippen LogP contribution in [-0.2, 0) is 4.79 Å². The van der Waals surface area contributed by atoms with Crippen LogP contribution in [0, 0.1) is 0 Å². The van der Waals surface area contributed by atoms with E-state index in [1.54, 1.807) is 14.1 Å². The minimum absolute atomic E-state index is 0.681. The van der Waals surface area contributed by atoms with Gasteiger partial charge in [-0.15, -0.1) is 5.10 Å². The minimum atomic E-state index is 0.681. The molecule has 0 saturated heterocycles. The molecule has 0 fully saturated rings. The van der Waals surface area contributed by atoms with Crippen molar-refractivity contribution in [3.63, 3.8) is 0 Å². The maximum absolute atomic E-state index is 9.43. The van der Waals surface area contributed by atoms with Crippen molar-refractivity contribution in [3.8, 4) is 0 Å². The van der Waals surface area contributed by atoms with Crippen molar-refractivity contribution in [2.45, 2.75) is 0 Å². The number of nitrogens with zero attached hydrogens (tertiary/aromatic N) is 6. The molecule has 2 rings (SSSR count). The maximum atomic E-state index is 9.43. The topological polar surface area (TPSA) is 66.5 Å². The van der Waals surface area contributed by atoms with Gasteiger partial charge in [0, 0.05) is 14.1 Å². The van der Waals surface area contributed by atoms with Gasteiger partial charge >= 0.3 is 6.02 Å².